The van der Waals surface area contributed by atoms with E-state index in [4.69, 9.17) is 15.2 Å². The maximum absolute atomic E-state index is 11.6. The molecule has 5 heteroatoms. The maximum atomic E-state index is 11.6. The zero-order valence-corrected chi connectivity index (χ0v) is 11.1. The molecule has 0 saturated heterocycles. The molecule has 3 N–H and O–H groups in total. The Bertz CT molecular complexity index is 446. The Morgan fingerprint density at radius 2 is 2.11 bits per heavy atom. The summed E-state index contributed by atoms with van der Waals surface area (Å²) in [6.07, 6.45) is 1.13. The number of hydrogen-bond acceptors (Lipinski definition) is 4. The van der Waals surface area contributed by atoms with Crippen molar-refractivity contribution in [3.63, 3.8) is 0 Å². The van der Waals surface area contributed by atoms with E-state index in [1.807, 2.05) is 25.1 Å². The van der Waals surface area contributed by atoms with Gasteiger partial charge in [-0.2, -0.15) is 0 Å². The second-order valence-electron chi connectivity index (χ2n) is 4.76. The first-order valence-corrected chi connectivity index (χ1v) is 6.56. The van der Waals surface area contributed by atoms with Gasteiger partial charge in [-0.3, -0.25) is 4.79 Å². The van der Waals surface area contributed by atoms with E-state index in [-0.39, 0.29) is 11.9 Å². The molecule has 104 valence electrons. The van der Waals surface area contributed by atoms with E-state index in [0.717, 1.165) is 17.1 Å². The lowest BCUT2D eigenvalue weighted by atomic mass is 10.1. The summed E-state index contributed by atoms with van der Waals surface area (Å²) in [5.41, 5.74) is 6.65. The Kier molecular flexibility index (Phi) is 4.63. The second-order valence-corrected chi connectivity index (χ2v) is 4.76. The first kappa shape index (κ1) is 13.7. The topological polar surface area (TPSA) is 73.6 Å². The van der Waals surface area contributed by atoms with Crippen LogP contribution >= 0.6 is 0 Å². The van der Waals surface area contributed by atoms with E-state index < -0.39 is 0 Å². The van der Waals surface area contributed by atoms with Gasteiger partial charge in [0.25, 0.3) is 0 Å². The molecule has 0 spiro atoms. The molecule has 0 saturated carbocycles. The second kappa shape index (κ2) is 6.43. The Morgan fingerprint density at radius 3 is 2.84 bits per heavy atom. The van der Waals surface area contributed by atoms with Gasteiger partial charge in [0.1, 0.15) is 13.2 Å². The standard InChI is InChI=1S/C14H20N2O3/c1-10(15)9-16-14(17)5-3-11-2-4-12-13(8-11)19-7-6-18-12/h2,4,8,10H,3,5-7,9,15H2,1H3,(H,16,17). The van der Waals surface area contributed by atoms with Gasteiger partial charge in [0.15, 0.2) is 11.5 Å². The Hall–Kier alpha value is -1.75. The Labute approximate surface area is 113 Å². The number of benzene rings is 1. The van der Waals surface area contributed by atoms with Gasteiger partial charge in [0, 0.05) is 19.0 Å². The van der Waals surface area contributed by atoms with E-state index in [2.05, 4.69) is 5.32 Å². The van der Waals surface area contributed by atoms with Crippen LogP contribution in [0.5, 0.6) is 11.5 Å². The first-order chi connectivity index (χ1) is 9.15. The molecule has 0 radical (unpaired) electrons. The van der Waals surface area contributed by atoms with Gasteiger partial charge >= 0.3 is 0 Å². The molecule has 1 aliphatic rings. The highest BCUT2D eigenvalue weighted by Gasteiger charge is 2.12. The van der Waals surface area contributed by atoms with Crippen molar-refractivity contribution in [1.29, 1.82) is 0 Å². The highest BCUT2D eigenvalue weighted by Crippen LogP contribution is 2.30. The molecular weight excluding hydrogens is 244 g/mol. The minimum absolute atomic E-state index is 0.0155. The van der Waals surface area contributed by atoms with E-state index in [9.17, 15) is 4.79 Å². The summed E-state index contributed by atoms with van der Waals surface area (Å²) in [6, 6.07) is 5.78. The van der Waals surface area contributed by atoms with E-state index in [1.54, 1.807) is 0 Å². The first-order valence-electron chi connectivity index (χ1n) is 6.56. The highest BCUT2D eigenvalue weighted by molar-refractivity contribution is 5.76. The fourth-order valence-corrected chi connectivity index (χ4v) is 1.86. The van der Waals surface area contributed by atoms with Crippen LogP contribution in [0.3, 0.4) is 0 Å². The van der Waals surface area contributed by atoms with Crippen molar-refractivity contribution in [2.24, 2.45) is 5.73 Å². The normalized spacial score (nSPS) is 14.8. The number of hydrogen-bond donors (Lipinski definition) is 2. The number of carbonyl (C=O) groups excluding carboxylic acids is 1. The van der Waals surface area contributed by atoms with Crippen LogP contribution in [-0.4, -0.2) is 31.7 Å². The van der Waals surface area contributed by atoms with Crippen molar-refractivity contribution in [3.8, 4) is 11.5 Å². The lowest BCUT2D eigenvalue weighted by Gasteiger charge is -2.18. The average Bonchev–Trinajstić information content (AvgIpc) is 2.42. The van der Waals surface area contributed by atoms with Crippen molar-refractivity contribution in [3.05, 3.63) is 23.8 Å². The lowest BCUT2D eigenvalue weighted by molar-refractivity contribution is -0.121. The van der Waals surface area contributed by atoms with Crippen molar-refractivity contribution in [2.75, 3.05) is 19.8 Å². The third-order valence-corrected chi connectivity index (χ3v) is 2.87. The van der Waals surface area contributed by atoms with Gasteiger partial charge in [0.05, 0.1) is 0 Å². The summed E-state index contributed by atoms with van der Waals surface area (Å²) < 4.78 is 11.0. The van der Waals surface area contributed by atoms with Crippen molar-refractivity contribution < 1.29 is 14.3 Å². The van der Waals surface area contributed by atoms with Crippen LogP contribution in [-0.2, 0) is 11.2 Å². The summed E-state index contributed by atoms with van der Waals surface area (Å²) in [4.78, 5) is 11.6. The van der Waals surface area contributed by atoms with Gasteiger partial charge in [0.2, 0.25) is 5.91 Å². The fourth-order valence-electron chi connectivity index (χ4n) is 1.86. The van der Waals surface area contributed by atoms with Crippen LogP contribution in [0.4, 0.5) is 0 Å². The summed E-state index contributed by atoms with van der Waals surface area (Å²) >= 11 is 0. The Morgan fingerprint density at radius 1 is 1.37 bits per heavy atom. The maximum Gasteiger partial charge on any atom is 0.220 e. The van der Waals surface area contributed by atoms with Crippen LogP contribution in [0.2, 0.25) is 0 Å². The zero-order chi connectivity index (χ0) is 13.7. The van der Waals surface area contributed by atoms with Crippen molar-refractivity contribution in [1.82, 2.24) is 5.32 Å². The third-order valence-electron chi connectivity index (χ3n) is 2.87. The van der Waals surface area contributed by atoms with E-state index in [1.165, 1.54) is 0 Å². The van der Waals surface area contributed by atoms with Crippen LogP contribution in [0.25, 0.3) is 0 Å². The monoisotopic (exact) mass is 264 g/mol. The molecule has 5 nitrogen and oxygen atoms in total. The van der Waals surface area contributed by atoms with Gasteiger partial charge < -0.3 is 20.5 Å². The molecule has 1 atom stereocenters. The lowest BCUT2D eigenvalue weighted by Crippen LogP contribution is -2.35. The van der Waals surface area contributed by atoms with Gasteiger partial charge in [-0.1, -0.05) is 6.07 Å². The molecular formula is C14H20N2O3. The largest absolute Gasteiger partial charge is 0.486 e. The van der Waals surface area contributed by atoms with Gasteiger partial charge in [-0.05, 0) is 31.0 Å². The van der Waals surface area contributed by atoms with Crippen molar-refractivity contribution >= 4 is 5.91 Å². The van der Waals surface area contributed by atoms with Crippen LogP contribution in [0.15, 0.2) is 18.2 Å². The molecule has 1 aromatic carbocycles. The molecule has 1 aliphatic heterocycles. The summed E-state index contributed by atoms with van der Waals surface area (Å²) in [7, 11) is 0. The summed E-state index contributed by atoms with van der Waals surface area (Å²) in [5.74, 6) is 1.56. The molecule has 1 heterocycles. The summed E-state index contributed by atoms with van der Waals surface area (Å²) in [6.45, 7) is 3.54. The molecule has 2 rings (SSSR count). The summed E-state index contributed by atoms with van der Waals surface area (Å²) in [5, 5.41) is 2.79. The quantitative estimate of drug-likeness (QED) is 0.827. The zero-order valence-electron chi connectivity index (χ0n) is 11.1. The van der Waals surface area contributed by atoms with Crippen molar-refractivity contribution in [2.45, 2.75) is 25.8 Å². The smallest absolute Gasteiger partial charge is 0.220 e. The average molecular weight is 264 g/mol. The molecule has 19 heavy (non-hydrogen) atoms. The SMILES string of the molecule is CC(N)CNC(=O)CCc1ccc2c(c1)OCCO2. The van der Waals surface area contributed by atoms with E-state index >= 15 is 0 Å². The molecule has 1 amide bonds. The number of carbonyl (C=O) groups is 1. The molecule has 1 aromatic rings. The number of nitrogens with two attached hydrogens (primary N) is 1. The highest BCUT2D eigenvalue weighted by atomic mass is 16.6. The fraction of sp³-hybridized carbons (Fsp3) is 0.500. The van der Waals surface area contributed by atoms with Crippen LogP contribution < -0.4 is 20.5 Å². The molecule has 0 fully saturated rings. The number of nitrogens with one attached hydrogen (secondary N) is 1. The van der Waals surface area contributed by atoms with Crippen LogP contribution in [0, 0.1) is 0 Å². The van der Waals surface area contributed by atoms with Gasteiger partial charge in [-0.15, -0.1) is 0 Å². The number of fused-ring (bicyclic) bond motifs is 1. The minimum atomic E-state index is -0.0155. The molecule has 1 unspecified atom stereocenters. The van der Waals surface area contributed by atoms with E-state index in [0.29, 0.717) is 32.6 Å². The predicted octanol–water partition coefficient (Wildman–Crippen LogP) is 0.854. The predicted molar refractivity (Wildman–Crippen MR) is 72.4 cm³/mol. The van der Waals surface area contributed by atoms with Crippen LogP contribution in [0.1, 0.15) is 18.9 Å². The third kappa shape index (κ3) is 4.13. The minimum Gasteiger partial charge on any atom is -0.486 e. The Balaban J connectivity index is 1.84. The molecule has 0 bridgehead atoms. The van der Waals surface area contributed by atoms with Gasteiger partial charge in [-0.25, -0.2) is 0 Å². The molecule has 0 aliphatic carbocycles. The number of rotatable bonds is 5. The molecule has 0 aromatic heterocycles. The number of amides is 1. The number of ether oxygens (including phenoxy) is 2. The number of aryl methyl sites for hydroxylation is 1.